The van der Waals surface area contributed by atoms with Gasteiger partial charge in [-0.25, -0.2) is 4.98 Å². The van der Waals surface area contributed by atoms with Crippen molar-refractivity contribution in [2.24, 2.45) is 5.41 Å². The van der Waals surface area contributed by atoms with E-state index >= 15 is 0 Å². The quantitative estimate of drug-likeness (QED) is 0.826. The predicted molar refractivity (Wildman–Crippen MR) is 91.1 cm³/mol. The maximum absolute atomic E-state index is 5.06. The molecule has 21 heavy (non-hydrogen) atoms. The summed E-state index contributed by atoms with van der Waals surface area (Å²) in [6, 6.07) is 0.583. The average molecular weight is 307 g/mol. The highest BCUT2D eigenvalue weighted by atomic mass is 32.1. The van der Waals surface area contributed by atoms with Gasteiger partial charge < -0.3 is 5.32 Å². The Bertz CT molecular complexity index is 468. The Labute approximate surface area is 133 Å². The molecule has 3 heteroatoms. The third-order valence-electron chi connectivity index (χ3n) is 5.30. The van der Waals surface area contributed by atoms with Crippen molar-refractivity contribution in [2.75, 3.05) is 6.54 Å². The van der Waals surface area contributed by atoms with E-state index in [-0.39, 0.29) is 0 Å². The van der Waals surface area contributed by atoms with E-state index in [1.807, 2.05) is 11.3 Å². The molecule has 1 fully saturated rings. The highest BCUT2D eigenvalue weighted by molar-refractivity contribution is 7.12. The molecule has 0 saturated heterocycles. The molecule has 2 nitrogen and oxygen atoms in total. The van der Waals surface area contributed by atoms with Crippen LogP contribution in [0.3, 0.4) is 0 Å². The van der Waals surface area contributed by atoms with Crippen molar-refractivity contribution in [1.82, 2.24) is 10.3 Å². The van der Waals surface area contributed by atoms with Crippen molar-refractivity contribution < 1.29 is 0 Å². The van der Waals surface area contributed by atoms with Crippen molar-refractivity contribution in [1.29, 1.82) is 0 Å². The molecule has 1 saturated carbocycles. The van der Waals surface area contributed by atoms with Gasteiger partial charge in [-0.1, -0.05) is 20.8 Å². The molecule has 1 heterocycles. The van der Waals surface area contributed by atoms with Crippen LogP contribution in [0, 0.1) is 5.41 Å². The van der Waals surface area contributed by atoms with Crippen molar-refractivity contribution in [3.63, 3.8) is 0 Å². The first-order chi connectivity index (χ1) is 10.1. The molecule has 1 unspecified atom stereocenters. The zero-order chi connectivity index (χ0) is 14.9. The van der Waals surface area contributed by atoms with Crippen LogP contribution in [0.25, 0.3) is 0 Å². The van der Waals surface area contributed by atoms with Crippen LogP contribution in [0.1, 0.15) is 93.3 Å². The van der Waals surface area contributed by atoms with E-state index in [0.717, 1.165) is 12.5 Å². The number of hydrogen-bond donors (Lipinski definition) is 1. The lowest BCUT2D eigenvalue weighted by Gasteiger charge is -2.33. The minimum absolute atomic E-state index is 0.554. The Morgan fingerprint density at radius 3 is 2.71 bits per heavy atom. The molecule has 0 spiro atoms. The van der Waals surface area contributed by atoms with Gasteiger partial charge in [0, 0.05) is 16.8 Å². The zero-order valence-electron chi connectivity index (χ0n) is 13.9. The molecule has 1 aromatic rings. The monoisotopic (exact) mass is 306 g/mol. The van der Waals surface area contributed by atoms with E-state index < -0.39 is 0 Å². The standard InChI is InChI=1S/C18H30N2S/c1-4-12-19-14-6-5-7-15-16(14)21-17(20-15)13-8-10-18(2,3)11-9-13/h13-14,19H,4-12H2,1-3H3. The van der Waals surface area contributed by atoms with Crippen molar-refractivity contribution in [3.8, 4) is 0 Å². The van der Waals surface area contributed by atoms with Crippen molar-refractivity contribution in [3.05, 3.63) is 15.6 Å². The lowest BCUT2D eigenvalue weighted by molar-refractivity contribution is 0.224. The first-order valence-corrected chi connectivity index (χ1v) is 9.63. The zero-order valence-corrected chi connectivity index (χ0v) is 14.7. The van der Waals surface area contributed by atoms with Gasteiger partial charge in [-0.15, -0.1) is 11.3 Å². The number of rotatable bonds is 4. The highest BCUT2D eigenvalue weighted by Gasteiger charge is 2.31. The molecule has 2 aliphatic carbocycles. The third kappa shape index (κ3) is 3.50. The second-order valence-corrected chi connectivity index (χ2v) is 8.76. The van der Waals surface area contributed by atoms with Crippen LogP contribution in [0.5, 0.6) is 0 Å². The maximum Gasteiger partial charge on any atom is 0.0962 e. The van der Waals surface area contributed by atoms with E-state index in [9.17, 15) is 0 Å². The molecule has 0 aliphatic heterocycles. The van der Waals surface area contributed by atoms with Crippen molar-refractivity contribution in [2.45, 2.75) is 84.1 Å². The Morgan fingerprint density at radius 1 is 1.24 bits per heavy atom. The van der Waals surface area contributed by atoms with E-state index in [0.29, 0.717) is 11.5 Å². The Kier molecular flexibility index (Phi) is 4.70. The SMILES string of the molecule is CCCNC1CCCc2nc(C3CCC(C)(C)CC3)sc21. The first-order valence-electron chi connectivity index (χ1n) is 8.82. The largest absolute Gasteiger partial charge is 0.309 e. The lowest BCUT2D eigenvalue weighted by Crippen LogP contribution is -2.24. The number of nitrogens with one attached hydrogen (secondary N) is 1. The normalized spacial score (nSPS) is 25.8. The fraction of sp³-hybridized carbons (Fsp3) is 0.833. The second kappa shape index (κ2) is 6.37. The fourth-order valence-corrected chi connectivity index (χ4v) is 5.17. The Hall–Kier alpha value is -0.410. The molecule has 2 aliphatic rings. The Morgan fingerprint density at radius 2 is 2.00 bits per heavy atom. The molecule has 3 rings (SSSR count). The summed E-state index contributed by atoms with van der Waals surface area (Å²) >= 11 is 2.03. The summed E-state index contributed by atoms with van der Waals surface area (Å²) < 4.78 is 0. The molecule has 0 amide bonds. The molecule has 0 bridgehead atoms. The van der Waals surface area contributed by atoms with Crippen LogP contribution in [-0.4, -0.2) is 11.5 Å². The van der Waals surface area contributed by atoms with E-state index in [1.54, 1.807) is 4.88 Å². The number of fused-ring (bicyclic) bond motifs is 1. The van der Waals surface area contributed by atoms with E-state index in [4.69, 9.17) is 4.98 Å². The summed E-state index contributed by atoms with van der Waals surface area (Å²) in [7, 11) is 0. The van der Waals surface area contributed by atoms with Gasteiger partial charge in [0.05, 0.1) is 10.7 Å². The van der Waals surface area contributed by atoms with Crippen molar-refractivity contribution >= 4 is 11.3 Å². The summed E-state index contributed by atoms with van der Waals surface area (Å²) in [5, 5.41) is 5.17. The average Bonchev–Trinajstić information content (AvgIpc) is 2.89. The molecule has 1 atom stereocenters. The van der Waals surface area contributed by atoms with Crippen LogP contribution in [-0.2, 0) is 6.42 Å². The molecule has 1 aromatic heterocycles. The van der Waals surface area contributed by atoms with Gasteiger partial charge in [-0.05, 0) is 63.3 Å². The van der Waals surface area contributed by atoms with E-state index in [2.05, 4.69) is 26.1 Å². The third-order valence-corrected chi connectivity index (χ3v) is 6.67. The number of thiazole rings is 1. The van der Waals surface area contributed by atoms with Crippen LogP contribution < -0.4 is 5.32 Å². The smallest absolute Gasteiger partial charge is 0.0962 e. The van der Waals surface area contributed by atoms with Crippen LogP contribution in [0.4, 0.5) is 0 Å². The summed E-state index contributed by atoms with van der Waals surface area (Å²) in [5.74, 6) is 0.737. The summed E-state index contributed by atoms with van der Waals surface area (Å²) in [6.07, 6.45) is 10.4. The maximum atomic E-state index is 5.06. The Balaban J connectivity index is 1.72. The van der Waals surface area contributed by atoms with Crippen LogP contribution in [0.2, 0.25) is 0 Å². The first kappa shape index (κ1) is 15.5. The predicted octanol–water partition coefficient (Wildman–Crippen LogP) is 5.20. The molecular weight excluding hydrogens is 276 g/mol. The minimum atomic E-state index is 0.554. The van der Waals surface area contributed by atoms with Gasteiger partial charge in [0.25, 0.3) is 0 Å². The number of aryl methyl sites for hydroxylation is 1. The topological polar surface area (TPSA) is 24.9 Å². The molecule has 0 radical (unpaired) electrons. The summed E-state index contributed by atoms with van der Waals surface area (Å²) in [6.45, 7) is 8.22. The molecule has 1 N–H and O–H groups in total. The van der Waals surface area contributed by atoms with Gasteiger partial charge in [-0.3, -0.25) is 0 Å². The highest BCUT2D eigenvalue weighted by Crippen LogP contribution is 2.45. The number of nitrogens with zero attached hydrogens (tertiary/aromatic N) is 1. The fourth-order valence-electron chi connectivity index (χ4n) is 3.77. The molecule has 0 aromatic carbocycles. The van der Waals surface area contributed by atoms with Crippen LogP contribution >= 0.6 is 11.3 Å². The number of aromatic nitrogens is 1. The van der Waals surface area contributed by atoms with E-state index in [1.165, 1.54) is 62.1 Å². The minimum Gasteiger partial charge on any atom is -0.309 e. The van der Waals surface area contributed by atoms with Gasteiger partial charge in [0.2, 0.25) is 0 Å². The van der Waals surface area contributed by atoms with Gasteiger partial charge in [-0.2, -0.15) is 0 Å². The second-order valence-electron chi connectivity index (χ2n) is 7.70. The van der Waals surface area contributed by atoms with Gasteiger partial charge in [0.15, 0.2) is 0 Å². The molecule has 118 valence electrons. The summed E-state index contributed by atoms with van der Waals surface area (Å²) in [5.41, 5.74) is 1.97. The van der Waals surface area contributed by atoms with Gasteiger partial charge in [0.1, 0.15) is 0 Å². The van der Waals surface area contributed by atoms with Crippen LogP contribution in [0.15, 0.2) is 0 Å². The number of hydrogen-bond acceptors (Lipinski definition) is 3. The summed E-state index contributed by atoms with van der Waals surface area (Å²) in [4.78, 5) is 6.62. The lowest BCUT2D eigenvalue weighted by atomic mass is 9.73. The van der Waals surface area contributed by atoms with Gasteiger partial charge >= 0.3 is 0 Å². The molecular formula is C18H30N2S.